The summed E-state index contributed by atoms with van der Waals surface area (Å²) in [5, 5.41) is 3.93. The molecule has 0 aliphatic heterocycles. The van der Waals surface area contributed by atoms with Gasteiger partial charge in [0.25, 0.3) is 0 Å². The van der Waals surface area contributed by atoms with Crippen LogP contribution < -0.4 is 10.1 Å². The maximum absolute atomic E-state index is 5.91. The molecule has 0 atom stereocenters. The second kappa shape index (κ2) is 5.13. The summed E-state index contributed by atoms with van der Waals surface area (Å²) in [6.07, 6.45) is 3.48. The van der Waals surface area contributed by atoms with Crippen LogP contribution >= 0.6 is 0 Å². The molecule has 0 amide bonds. The zero-order chi connectivity index (χ0) is 13.9. The fraction of sp³-hybridized carbons (Fsp3) is 0.133. The molecule has 2 aromatic heterocycles. The molecule has 0 aliphatic rings. The Balaban J connectivity index is 2.05. The minimum Gasteiger partial charge on any atom is -0.436 e. The highest BCUT2D eigenvalue weighted by Gasteiger charge is 2.09. The van der Waals surface area contributed by atoms with Gasteiger partial charge in [0, 0.05) is 30.4 Å². The molecule has 1 aromatic carbocycles. The fourth-order valence-corrected chi connectivity index (χ4v) is 1.91. The molecule has 0 unspecified atom stereocenters. The molecule has 2 heterocycles. The van der Waals surface area contributed by atoms with Gasteiger partial charge in [-0.1, -0.05) is 18.2 Å². The maximum atomic E-state index is 5.91. The van der Waals surface area contributed by atoms with Gasteiger partial charge in [-0.15, -0.1) is 0 Å². The quantitative estimate of drug-likeness (QED) is 0.789. The van der Waals surface area contributed by atoms with Crippen molar-refractivity contribution in [2.45, 2.75) is 6.92 Å². The predicted octanol–water partition coefficient (Wildman–Crippen LogP) is 3.17. The standard InChI is InChI=1S/C15H14N4O/c1-10-9-18-15(16-2)19-14(10)20-12-7-3-5-11-6-4-8-17-13(11)12/h3-9H,1-2H3,(H,16,18,19). The van der Waals surface area contributed by atoms with Crippen LogP contribution in [0.3, 0.4) is 0 Å². The lowest BCUT2D eigenvalue weighted by Gasteiger charge is -2.10. The van der Waals surface area contributed by atoms with Crippen molar-refractivity contribution in [2.75, 3.05) is 12.4 Å². The highest BCUT2D eigenvalue weighted by molar-refractivity contribution is 5.84. The summed E-state index contributed by atoms with van der Waals surface area (Å²) in [4.78, 5) is 12.8. The zero-order valence-corrected chi connectivity index (χ0v) is 11.3. The van der Waals surface area contributed by atoms with Crippen molar-refractivity contribution in [3.05, 3.63) is 48.3 Å². The van der Waals surface area contributed by atoms with Gasteiger partial charge in [-0.25, -0.2) is 4.98 Å². The Hall–Kier alpha value is -2.69. The van der Waals surface area contributed by atoms with E-state index in [1.54, 1.807) is 19.4 Å². The molecule has 0 saturated carbocycles. The van der Waals surface area contributed by atoms with Gasteiger partial charge in [-0.2, -0.15) is 4.98 Å². The van der Waals surface area contributed by atoms with Crippen molar-refractivity contribution in [3.63, 3.8) is 0 Å². The summed E-state index contributed by atoms with van der Waals surface area (Å²) in [6.45, 7) is 1.91. The number of nitrogens with zero attached hydrogens (tertiary/aromatic N) is 3. The lowest BCUT2D eigenvalue weighted by Crippen LogP contribution is -2.00. The largest absolute Gasteiger partial charge is 0.436 e. The predicted molar refractivity (Wildman–Crippen MR) is 78.1 cm³/mol. The molecule has 0 spiro atoms. The molecule has 0 radical (unpaired) electrons. The number of hydrogen-bond acceptors (Lipinski definition) is 5. The lowest BCUT2D eigenvalue weighted by atomic mass is 10.2. The summed E-state index contributed by atoms with van der Waals surface area (Å²) < 4.78 is 5.91. The van der Waals surface area contributed by atoms with Crippen LogP contribution in [0.25, 0.3) is 10.9 Å². The first-order valence-electron chi connectivity index (χ1n) is 6.31. The van der Waals surface area contributed by atoms with Crippen LogP contribution in [0.1, 0.15) is 5.56 Å². The summed E-state index contributed by atoms with van der Waals surface area (Å²) in [5.74, 6) is 1.74. The average molecular weight is 266 g/mol. The van der Waals surface area contributed by atoms with E-state index < -0.39 is 0 Å². The van der Waals surface area contributed by atoms with E-state index in [2.05, 4.69) is 20.3 Å². The normalized spacial score (nSPS) is 10.5. The number of para-hydroxylation sites is 1. The van der Waals surface area contributed by atoms with E-state index in [0.29, 0.717) is 17.6 Å². The smallest absolute Gasteiger partial charge is 0.227 e. The molecule has 0 aliphatic carbocycles. The maximum Gasteiger partial charge on any atom is 0.227 e. The minimum absolute atomic E-state index is 0.527. The first-order chi connectivity index (χ1) is 9.78. The van der Waals surface area contributed by atoms with Crippen molar-refractivity contribution >= 4 is 16.9 Å². The zero-order valence-electron chi connectivity index (χ0n) is 11.3. The molecule has 5 heteroatoms. The summed E-state index contributed by atoms with van der Waals surface area (Å²) in [5.41, 5.74) is 1.69. The molecule has 0 saturated heterocycles. The van der Waals surface area contributed by atoms with Crippen LogP contribution in [0, 0.1) is 6.92 Å². The number of anilines is 1. The van der Waals surface area contributed by atoms with E-state index in [-0.39, 0.29) is 0 Å². The SMILES string of the molecule is CNc1ncc(C)c(Oc2cccc3cccnc23)n1. The van der Waals surface area contributed by atoms with Crippen LogP contribution in [0.2, 0.25) is 0 Å². The molecule has 20 heavy (non-hydrogen) atoms. The third-order valence-electron chi connectivity index (χ3n) is 2.95. The van der Waals surface area contributed by atoms with Gasteiger partial charge in [-0.3, -0.25) is 4.98 Å². The van der Waals surface area contributed by atoms with Gasteiger partial charge in [0.15, 0.2) is 5.75 Å². The van der Waals surface area contributed by atoms with Crippen molar-refractivity contribution < 1.29 is 4.74 Å². The number of rotatable bonds is 3. The van der Waals surface area contributed by atoms with E-state index >= 15 is 0 Å². The third kappa shape index (κ3) is 2.25. The monoisotopic (exact) mass is 266 g/mol. The second-order valence-electron chi connectivity index (χ2n) is 4.37. The van der Waals surface area contributed by atoms with E-state index in [1.165, 1.54) is 0 Å². The second-order valence-corrected chi connectivity index (χ2v) is 4.37. The van der Waals surface area contributed by atoms with Gasteiger partial charge in [0.1, 0.15) is 5.52 Å². The molecule has 5 nitrogen and oxygen atoms in total. The van der Waals surface area contributed by atoms with Gasteiger partial charge in [0.2, 0.25) is 11.8 Å². The molecular formula is C15H14N4O. The van der Waals surface area contributed by atoms with Gasteiger partial charge >= 0.3 is 0 Å². The number of nitrogens with one attached hydrogen (secondary N) is 1. The topological polar surface area (TPSA) is 59.9 Å². The Morgan fingerprint density at radius 1 is 1.10 bits per heavy atom. The van der Waals surface area contributed by atoms with E-state index in [4.69, 9.17) is 4.74 Å². The Labute approximate surface area is 116 Å². The summed E-state index contributed by atoms with van der Waals surface area (Å²) in [6, 6.07) is 9.73. The number of ether oxygens (including phenoxy) is 1. The van der Waals surface area contributed by atoms with Crippen molar-refractivity contribution in [1.82, 2.24) is 15.0 Å². The van der Waals surface area contributed by atoms with Gasteiger partial charge < -0.3 is 10.1 Å². The fourth-order valence-electron chi connectivity index (χ4n) is 1.91. The van der Waals surface area contributed by atoms with Crippen LogP contribution in [0.5, 0.6) is 11.6 Å². The van der Waals surface area contributed by atoms with Crippen molar-refractivity contribution in [2.24, 2.45) is 0 Å². The number of fused-ring (bicyclic) bond motifs is 1. The Morgan fingerprint density at radius 2 is 1.95 bits per heavy atom. The van der Waals surface area contributed by atoms with Gasteiger partial charge in [0.05, 0.1) is 0 Å². The van der Waals surface area contributed by atoms with Crippen LogP contribution in [-0.4, -0.2) is 22.0 Å². The number of aryl methyl sites for hydroxylation is 1. The van der Waals surface area contributed by atoms with Crippen molar-refractivity contribution in [3.8, 4) is 11.6 Å². The van der Waals surface area contributed by atoms with E-state index in [0.717, 1.165) is 16.5 Å². The first-order valence-corrected chi connectivity index (χ1v) is 6.31. The Morgan fingerprint density at radius 3 is 2.80 bits per heavy atom. The average Bonchev–Trinajstić information content (AvgIpc) is 2.50. The Bertz CT molecular complexity index is 752. The highest BCUT2D eigenvalue weighted by Crippen LogP contribution is 2.29. The van der Waals surface area contributed by atoms with Crippen molar-refractivity contribution in [1.29, 1.82) is 0 Å². The molecule has 3 rings (SSSR count). The van der Waals surface area contributed by atoms with Crippen LogP contribution in [0.15, 0.2) is 42.7 Å². The van der Waals surface area contributed by atoms with E-state index in [1.807, 2.05) is 37.3 Å². The number of aromatic nitrogens is 3. The molecular weight excluding hydrogens is 252 g/mol. The number of benzene rings is 1. The molecule has 100 valence electrons. The van der Waals surface area contributed by atoms with E-state index in [9.17, 15) is 0 Å². The summed E-state index contributed by atoms with van der Waals surface area (Å²) in [7, 11) is 1.77. The summed E-state index contributed by atoms with van der Waals surface area (Å²) >= 11 is 0. The Kier molecular flexibility index (Phi) is 3.16. The first kappa shape index (κ1) is 12.3. The molecule has 0 fully saturated rings. The van der Waals surface area contributed by atoms with Gasteiger partial charge in [-0.05, 0) is 19.1 Å². The van der Waals surface area contributed by atoms with Crippen LogP contribution in [0.4, 0.5) is 5.95 Å². The number of hydrogen-bond donors (Lipinski definition) is 1. The lowest BCUT2D eigenvalue weighted by molar-refractivity contribution is 0.462. The molecule has 3 aromatic rings. The number of pyridine rings is 1. The molecule has 0 bridgehead atoms. The minimum atomic E-state index is 0.527. The molecule has 1 N–H and O–H groups in total. The highest BCUT2D eigenvalue weighted by atomic mass is 16.5. The van der Waals surface area contributed by atoms with Crippen LogP contribution in [-0.2, 0) is 0 Å². The third-order valence-corrected chi connectivity index (χ3v) is 2.95.